The molecule has 0 saturated heterocycles. The van der Waals surface area contributed by atoms with Crippen LogP contribution in [-0.2, 0) is 16.0 Å². The average molecular weight is 406 g/mol. The molecule has 2 rings (SSSR count). The molecule has 1 atom stereocenters. The van der Waals surface area contributed by atoms with Crippen LogP contribution in [0.2, 0.25) is 5.02 Å². The van der Waals surface area contributed by atoms with Crippen LogP contribution in [0.25, 0.3) is 0 Å². The third-order valence-corrected chi connectivity index (χ3v) is 4.90. The molecule has 6 heteroatoms. The lowest BCUT2D eigenvalue weighted by molar-refractivity contribution is -0.146. The van der Waals surface area contributed by atoms with Gasteiger partial charge < -0.3 is 10.1 Å². The Balaban J connectivity index is 1.84. The number of rotatable bonds is 10. The molecule has 0 aliphatic heterocycles. The summed E-state index contributed by atoms with van der Waals surface area (Å²) in [5.41, 5.74) is 1.67. The molecule has 2 aromatic carbocycles. The van der Waals surface area contributed by atoms with E-state index < -0.39 is 6.04 Å². The lowest BCUT2D eigenvalue weighted by atomic mass is 10.1. The quantitative estimate of drug-likeness (QED) is 0.471. The molecule has 144 valence electrons. The molecule has 0 saturated carbocycles. The number of esters is 1. The Morgan fingerprint density at radius 2 is 1.81 bits per heavy atom. The number of halogens is 1. The topological polar surface area (TPSA) is 55.4 Å². The van der Waals surface area contributed by atoms with Gasteiger partial charge in [-0.3, -0.25) is 4.79 Å². The molecule has 1 amide bonds. The molecular weight excluding hydrogens is 382 g/mol. The van der Waals surface area contributed by atoms with Gasteiger partial charge in [0.15, 0.2) is 0 Å². The summed E-state index contributed by atoms with van der Waals surface area (Å²) in [6.45, 7) is 0.334. The summed E-state index contributed by atoms with van der Waals surface area (Å²) < 4.78 is 5.39. The van der Waals surface area contributed by atoms with Gasteiger partial charge in [-0.05, 0) is 61.1 Å². The summed E-state index contributed by atoms with van der Waals surface area (Å²) in [4.78, 5) is 24.8. The summed E-state index contributed by atoms with van der Waals surface area (Å²) in [6.07, 6.45) is 4.08. The highest BCUT2D eigenvalue weighted by Gasteiger charge is 2.22. The van der Waals surface area contributed by atoms with Crippen LogP contribution in [-0.4, -0.2) is 36.5 Å². The number of nitrogens with one attached hydrogen (secondary N) is 1. The van der Waals surface area contributed by atoms with E-state index in [1.54, 1.807) is 36.0 Å². The van der Waals surface area contributed by atoms with E-state index in [4.69, 9.17) is 16.3 Å². The molecule has 0 aromatic heterocycles. The highest BCUT2D eigenvalue weighted by atomic mass is 35.5. The van der Waals surface area contributed by atoms with Gasteiger partial charge in [0, 0.05) is 10.6 Å². The number of thioether (sulfide) groups is 1. The Morgan fingerprint density at radius 1 is 1.11 bits per heavy atom. The van der Waals surface area contributed by atoms with Crippen molar-refractivity contribution in [1.29, 1.82) is 0 Å². The fourth-order valence-electron chi connectivity index (χ4n) is 2.52. The Labute approximate surface area is 169 Å². The molecule has 4 nitrogen and oxygen atoms in total. The Bertz CT molecular complexity index is 722. The number of ether oxygens (including phenoxy) is 1. The van der Waals surface area contributed by atoms with Gasteiger partial charge in [0.25, 0.3) is 5.91 Å². The van der Waals surface area contributed by atoms with Crippen molar-refractivity contribution >= 4 is 35.2 Å². The largest absolute Gasteiger partial charge is 0.464 e. The summed E-state index contributed by atoms with van der Waals surface area (Å²) in [7, 11) is 0. The summed E-state index contributed by atoms with van der Waals surface area (Å²) in [6, 6.07) is 16.0. The third-order valence-electron chi connectivity index (χ3n) is 4.00. The van der Waals surface area contributed by atoms with E-state index >= 15 is 0 Å². The van der Waals surface area contributed by atoms with Gasteiger partial charge in [-0.25, -0.2) is 4.79 Å². The number of benzene rings is 2. The van der Waals surface area contributed by atoms with Crippen molar-refractivity contribution < 1.29 is 14.3 Å². The molecule has 0 unspecified atom stereocenters. The molecule has 0 aliphatic rings. The molecule has 1 N–H and O–H groups in total. The Hall–Kier alpha value is -1.98. The first kappa shape index (κ1) is 21.3. The van der Waals surface area contributed by atoms with E-state index in [1.807, 2.05) is 24.5 Å². The molecule has 0 heterocycles. The van der Waals surface area contributed by atoms with Gasteiger partial charge in [0.2, 0.25) is 0 Å². The number of aryl methyl sites for hydroxylation is 1. The first-order chi connectivity index (χ1) is 13.1. The third kappa shape index (κ3) is 7.65. The molecule has 2 aromatic rings. The molecular formula is C21H24ClNO3S. The van der Waals surface area contributed by atoms with Crippen LogP contribution < -0.4 is 5.32 Å². The second-order valence-corrected chi connectivity index (χ2v) is 7.49. The predicted octanol–water partition coefficient (Wildman–Crippen LogP) is 4.37. The lowest BCUT2D eigenvalue weighted by Gasteiger charge is -2.17. The number of hydrogen-bond acceptors (Lipinski definition) is 4. The zero-order valence-corrected chi connectivity index (χ0v) is 16.9. The highest BCUT2D eigenvalue weighted by molar-refractivity contribution is 7.98. The number of carbonyl (C=O) groups excluding carboxylic acids is 2. The van der Waals surface area contributed by atoms with Crippen LogP contribution in [0.15, 0.2) is 54.6 Å². The van der Waals surface area contributed by atoms with Crippen molar-refractivity contribution in [2.45, 2.75) is 25.3 Å². The van der Waals surface area contributed by atoms with Crippen LogP contribution in [0, 0.1) is 0 Å². The standard InChI is InChI=1S/C21H24ClNO3S/c1-27-15-13-19(23-20(24)17-9-11-18(22)12-10-17)21(25)26-14-5-8-16-6-3-2-4-7-16/h2-4,6-7,9-12,19H,5,8,13-15H2,1H3,(H,23,24)/t19-/m1/s1. The molecule has 0 fully saturated rings. The van der Waals surface area contributed by atoms with Crippen LogP contribution in [0.1, 0.15) is 28.8 Å². The van der Waals surface area contributed by atoms with E-state index in [0.717, 1.165) is 18.6 Å². The van der Waals surface area contributed by atoms with Gasteiger partial charge in [0.05, 0.1) is 6.61 Å². The van der Waals surface area contributed by atoms with Crippen molar-refractivity contribution in [3.63, 3.8) is 0 Å². The lowest BCUT2D eigenvalue weighted by Crippen LogP contribution is -2.42. The van der Waals surface area contributed by atoms with Gasteiger partial charge in [-0.1, -0.05) is 41.9 Å². The predicted molar refractivity (Wildman–Crippen MR) is 111 cm³/mol. The smallest absolute Gasteiger partial charge is 0.328 e. The monoisotopic (exact) mass is 405 g/mol. The van der Waals surface area contributed by atoms with Crippen molar-refractivity contribution in [2.75, 3.05) is 18.6 Å². The second kappa shape index (κ2) is 11.7. The van der Waals surface area contributed by atoms with Crippen LogP contribution in [0.4, 0.5) is 0 Å². The average Bonchev–Trinajstić information content (AvgIpc) is 2.69. The van der Waals surface area contributed by atoms with E-state index in [2.05, 4.69) is 17.4 Å². The SMILES string of the molecule is CSCC[C@@H](NC(=O)c1ccc(Cl)cc1)C(=O)OCCCc1ccccc1. The van der Waals surface area contributed by atoms with Crippen molar-refractivity contribution in [2.24, 2.45) is 0 Å². The first-order valence-electron chi connectivity index (χ1n) is 8.86. The number of hydrogen-bond donors (Lipinski definition) is 1. The molecule has 0 bridgehead atoms. The zero-order valence-electron chi connectivity index (χ0n) is 15.3. The molecule has 0 spiro atoms. The van der Waals surface area contributed by atoms with E-state index in [-0.39, 0.29) is 11.9 Å². The minimum atomic E-state index is -0.655. The summed E-state index contributed by atoms with van der Waals surface area (Å²) in [5, 5.41) is 3.33. The van der Waals surface area contributed by atoms with Gasteiger partial charge in [0.1, 0.15) is 6.04 Å². The highest BCUT2D eigenvalue weighted by Crippen LogP contribution is 2.11. The number of amides is 1. The van der Waals surface area contributed by atoms with Gasteiger partial charge in [-0.15, -0.1) is 0 Å². The number of carbonyl (C=O) groups is 2. The second-order valence-electron chi connectivity index (χ2n) is 6.07. The van der Waals surface area contributed by atoms with Gasteiger partial charge >= 0.3 is 5.97 Å². The summed E-state index contributed by atoms with van der Waals surface area (Å²) >= 11 is 7.47. The van der Waals surface area contributed by atoms with Gasteiger partial charge in [-0.2, -0.15) is 11.8 Å². The Kier molecular flexibility index (Phi) is 9.22. The maximum Gasteiger partial charge on any atom is 0.328 e. The normalized spacial score (nSPS) is 11.6. The summed E-state index contributed by atoms with van der Waals surface area (Å²) in [5.74, 6) is 0.0587. The first-order valence-corrected chi connectivity index (χ1v) is 10.6. The van der Waals surface area contributed by atoms with E-state index in [9.17, 15) is 9.59 Å². The van der Waals surface area contributed by atoms with E-state index in [1.165, 1.54) is 5.56 Å². The van der Waals surface area contributed by atoms with Crippen molar-refractivity contribution in [3.8, 4) is 0 Å². The zero-order chi connectivity index (χ0) is 19.5. The maximum absolute atomic E-state index is 12.4. The van der Waals surface area contributed by atoms with Crippen molar-refractivity contribution in [3.05, 3.63) is 70.7 Å². The molecule has 27 heavy (non-hydrogen) atoms. The van der Waals surface area contributed by atoms with Crippen molar-refractivity contribution in [1.82, 2.24) is 5.32 Å². The minimum Gasteiger partial charge on any atom is -0.464 e. The maximum atomic E-state index is 12.4. The van der Waals surface area contributed by atoms with Crippen LogP contribution in [0.3, 0.4) is 0 Å². The van der Waals surface area contributed by atoms with Crippen LogP contribution in [0.5, 0.6) is 0 Å². The molecule has 0 radical (unpaired) electrons. The van der Waals surface area contributed by atoms with Crippen LogP contribution >= 0.6 is 23.4 Å². The minimum absolute atomic E-state index is 0.306. The molecule has 0 aliphatic carbocycles. The fraction of sp³-hybridized carbons (Fsp3) is 0.333. The van der Waals surface area contributed by atoms with E-state index in [0.29, 0.717) is 23.6 Å². The Morgan fingerprint density at radius 3 is 2.48 bits per heavy atom. The fourth-order valence-corrected chi connectivity index (χ4v) is 3.12.